The lowest BCUT2D eigenvalue weighted by atomic mass is 10.6. The Bertz CT molecular complexity index is 74.1. The number of hydrogen-bond donors (Lipinski definition) is 2. The molecule has 0 atom stereocenters. The lowest BCUT2D eigenvalue weighted by Gasteiger charge is -2.15. The van der Waals surface area contributed by atoms with Crippen molar-refractivity contribution in [3.63, 3.8) is 0 Å². The van der Waals surface area contributed by atoms with Crippen molar-refractivity contribution < 1.29 is 0 Å². The summed E-state index contributed by atoms with van der Waals surface area (Å²) in [4.78, 5) is 0. The van der Waals surface area contributed by atoms with E-state index in [1.54, 1.807) is 0 Å². The molecule has 0 aromatic heterocycles. The van der Waals surface area contributed by atoms with Crippen LogP contribution in [0.1, 0.15) is 6.92 Å². The molecule has 1 fully saturated rings. The molecule has 0 amide bonds. The monoisotopic (exact) mass is 116 g/mol. The second-order valence-corrected chi connectivity index (χ2v) is 2.03. The first-order chi connectivity index (χ1) is 3.70. The summed E-state index contributed by atoms with van der Waals surface area (Å²) in [6.45, 7) is 2.06. The fraction of sp³-hybridized carbons (Fsp3) is 1.00. The lowest BCUT2D eigenvalue weighted by molar-refractivity contribution is 0.0125. The average molecular weight is 116 g/mol. The Balaban J connectivity index is 2.39. The van der Waals surface area contributed by atoms with Crippen LogP contribution in [0.2, 0.25) is 0 Å². The summed E-state index contributed by atoms with van der Waals surface area (Å²) in [6, 6.07) is 0. The Morgan fingerprint density at radius 1 is 1.12 bits per heavy atom. The topological polar surface area (TPSA) is 30.5 Å². The van der Waals surface area contributed by atoms with E-state index in [0.717, 1.165) is 0 Å². The normalized spacial score (nSPS) is 27.4. The summed E-state index contributed by atoms with van der Waals surface area (Å²) in [5, 5.41) is 3.79. The first-order valence-electron chi connectivity index (χ1n) is 2.70. The molecule has 4 heteroatoms. The van der Waals surface area contributed by atoms with Crippen molar-refractivity contribution in [3.8, 4) is 0 Å². The summed E-state index contributed by atoms with van der Waals surface area (Å²) in [5.74, 6) is 0. The molecule has 0 unspecified atom stereocenters. The molecule has 1 aliphatic rings. The summed E-state index contributed by atoms with van der Waals surface area (Å²) < 4.78 is 0. The third-order valence-electron chi connectivity index (χ3n) is 1.21. The van der Waals surface area contributed by atoms with E-state index in [2.05, 4.69) is 17.8 Å². The largest absolute Gasteiger partial charge is 0.222 e. The van der Waals surface area contributed by atoms with E-state index in [1.165, 1.54) is 0 Å². The highest BCUT2D eigenvalue weighted by molar-refractivity contribution is 4.55. The molecule has 1 saturated heterocycles. The Morgan fingerprint density at radius 3 is 1.62 bits per heavy atom. The summed E-state index contributed by atoms with van der Waals surface area (Å²) >= 11 is 0. The predicted octanol–water partition coefficient (Wildman–Crippen LogP) is -0.866. The molecule has 0 radical (unpaired) electrons. The van der Waals surface area contributed by atoms with Gasteiger partial charge < -0.3 is 0 Å². The zero-order chi connectivity index (χ0) is 6.15. The van der Waals surface area contributed by atoms with E-state index in [-0.39, 0.29) is 0 Å². The van der Waals surface area contributed by atoms with E-state index in [9.17, 15) is 0 Å². The molecule has 2 N–H and O–H groups in total. The van der Waals surface area contributed by atoms with Gasteiger partial charge in [-0.1, -0.05) is 0 Å². The molecular formula is C4H12N4. The smallest absolute Gasteiger partial charge is 0.0835 e. The minimum absolute atomic E-state index is 0.352. The molecule has 0 spiro atoms. The minimum atomic E-state index is 0.352. The molecule has 1 aliphatic heterocycles. The van der Waals surface area contributed by atoms with E-state index in [1.807, 2.05) is 24.3 Å². The Kier molecular flexibility index (Phi) is 1.48. The van der Waals surface area contributed by atoms with Gasteiger partial charge in [0.2, 0.25) is 0 Å². The van der Waals surface area contributed by atoms with Crippen LogP contribution in [0.4, 0.5) is 0 Å². The molecule has 1 heterocycles. The lowest BCUT2D eigenvalue weighted by Crippen LogP contribution is -2.38. The van der Waals surface area contributed by atoms with Crippen LogP contribution in [0.5, 0.6) is 0 Å². The van der Waals surface area contributed by atoms with Crippen LogP contribution >= 0.6 is 0 Å². The second kappa shape index (κ2) is 1.99. The van der Waals surface area contributed by atoms with Crippen LogP contribution < -0.4 is 10.9 Å². The Labute approximate surface area is 49.4 Å². The molecule has 8 heavy (non-hydrogen) atoms. The first kappa shape index (κ1) is 5.97. The Morgan fingerprint density at radius 2 is 1.50 bits per heavy atom. The molecule has 1 rings (SSSR count). The van der Waals surface area contributed by atoms with Gasteiger partial charge >= 0.3 is 0 Å². The van der Waals surface area contributed by atoms with Gasteiger partial charge in [-0.15, -0.1) is 0 Å². The quantitative estimate of drug-likeness (QED) is 0.431. The molecule has 0 aromatic rings. The van der Waals surface area contributed by atoms with Gasteiger partial charge in [0.05, 0.1) is 6.17 Å². The highest BCUT2D eigenvalue weighted by Gasteiger charge is 2.17. The van der Waals surface area contributed by atoms with Gasteiger partial charge in [-0.2, -0.15) is 10.2 Å². The fourth-order valence-electron chi connectivity index (χ4n) is 0.763. The first-order valence-corrected chi connectivity index (χ1v) is 2.70. The van der Waals surface area contributed by atoms with Gasteiger partial charge in [-0.3, -0.25) is 0 Å². The maximum atomic E-state index is 3.11. The van der Waals surface area contributed by atoms with Crippen LogP contribution in [0, 0.1) is 0 Å². The molecule has 0 aromatic carbocycles. The van der Waals surface area contributed by atoms with E-state index in [4.69, 9.17) is 0 Å². The van der Waals surface area contributed by atoms with Gasteiger partial charge in [0.1, 0.15) is 0 Å². The van der Waals surface area contributed by atoms with Crippen LogP contribution in [0.15, 0.2) is 0 Å². The van der Waals surface area contributed by atoms with Gasteiger partial charge in [0, 0.05) is 14.1 Å². The number of nitrogens with zero attached hydrogens (tertiary/aromatic N) is 2. The molecular weight excluding hydrogens is 104 g/mol. The summed E-state index contributed by atoms with van der Waals surface area (Å²) in [7, 11) is 3.91. The van der Waals surface area contributed by atoms with Crippen LogP contribution in [-0.4, -0.2) is 30.5 Å². The number of rotatable bonds is 0. The van der Waals surface area contributed by atoms with Crippen molar-refractivity contribution in [1.82, 2.24) is 21.1 Å². The zero-order valence-electron chi connectivity index (χ0n) is 5.47. The van der Waals surface area contributed by atoms with Gasteiger partial charge in [-0.25, -0.2) is 10.9 Å². The van der Waals surface area contributed by atoms with Gasteiger partial charge in [0.15, 0.2) is 0 Å². The second-order valence-electron chi connectivity index (χ2n) is 2.03. The van der Waals surface area contributed by atoms with E-state index >= 15 is 0 Å². The molecule has 0 saturated carbocycles. The van der Waals surface area contributed by atoms with Crippen molar-refractivity contribution in [3.05, 3.63) is 0 Å². The SMILES string of the molecule is CC1NN(C)N(C)N1. The van der Waals surface area contributed by atoms with Crippen molar-refractivity contribution in [2.24, 2.45) is 0 Å². The zero-order valence-corrected chi connectivity index (χ0v) is 5.47. The van der Waals surface area contributed by atoms with Gasteiger partial charge in [-0.05, 0) is 6.92 Å². The maximum absolute atomic E-state index is 3.11. The van der Waals surface area contributed by atoms with Gasteiger partial charge in [0.25, 0.3) is 0 Å². The number of hydrazine groups is 3. The van der Waals surface area contributed by atoms with Crippen molar-refractivity contribution in [2.75, 3.05) is 14.1 Å². The van der Waals surface area contributed by atoms with Crippen LogP contribution in [-0.2, 0) is 0 Å². The molecule has 4 nitrogen and oxygen atoms in total. The highest BCUT2D eigenvalue weighted by Crippen LogP contribution is 1.91. The molecule has 0 bridgehead atoms. The molecule has 48 valence electrons. The predicted molar refractivity (Wildman–Crippen MR) is 31.3 cm³/mol. The van der Waals surface area contributed by atoms with Crippen LogP contribution in [0.3, 0.4) is 0 Å². The van der Waals surface area contributed by atoms with Crippen molar-refractivity contribution in [2.45, 2.75) is 13.1 Å². The maximum Gasteiger partial charge on any atom is 0.0835 e. The van der Waals surface area contributed by atoms with Crippen molar-refractivity contribution >= 4 is 0 Å². The summed E-state index contributed by atoms with van der Waals surface area (Å²) in [5.41, 5.74) is 6.23. The third-order valence-corrected chi connectivity index (χ3v) is 1.21. The standard InChI is InChI=1S/C4H12N4/c1-4-5-7(2)8(3)6-4/h4-6H,1-3H3. The Hall–Kier alpha value is -0.160. The van der Waals surface area contributed by atoms with Crippen molar-refractivity contribution in [1.29, 1.82) is 0 Å². The highest BCUT2D eigenvalue weighted by atomic mass is 16.0. The average Bonchev–Trinajstić information content (AvgIpc) is 1.85. The van der Waals surface area contributed by atoms with Crippen LogP contribution in [0.25, 0.3) is 0 Å². The minimum Gasteiger partial charge on any atom is -0.222 e. The molecule has 0 aliphatic carbocycles. The number of hydrogen-bond acceptors (Lipinski definition) is 4. The van der Waals surface area contributed by atoms with E-state index in [0.29, 0.717) is 6.17 Å². The third kappa shape index (κ3) is 0.976. The van der Waals surface area contributed by atoms with E-state index < -0.39 is 0 Å². The fourth-order valence-corrected chi connectivity index (χ4v) is 0.763. The summed E-state index contributed by atoms with van der Waals surface area (Å²) in [6.07, 6.45) is 0.352. The number of nitrogens with one attached hydrogen (secondary N) is 2.